The molecule has 90 valence electrons. The lowest BCUT2D eigenvalue weighted by molar-refractivity contribution is 0.159. The van der Waals surface area contributed by atoms with Crippen LogP contribution < -0.4 is 5.32 Å². The van der Waals surface area contributed by atoms with Gasteiger partial charge in [0.05, 0.1) is 6.10 Å². The third-order valence-corrected chi connectivity index (χ3v) is 2.95. The first-order chi connectivity index (χ1) is 7.65. The van der Waals surface area contributed by atoms with Crippen molar-refractivity contribution in [3.05, 3.63) is 29.6 Å². The summed E-state index contributed by atoms with van der Waals surface area (Å²) in [5.74, 6) is 0. The standard InChI is InChI=1S/C13H22N2O/c1-4-12(16)6-8-15-11(3)13-9-14-7-5-10(13)2/h5,7,9,11-12,15-16H,4,6,8H2,1-3H3. The summed E-state index contributed by atoms with van der Waals surface area (Å²) in [5, 5.41) is 12.8. The Labute approximate surface area is 97.9 Å². The molecule has 2 N–H and O–H groups in total. The normalized spacial score (nSPS) is 14.8. The van der Waals surface area contributed by atoms with E-state index in [0.29, 0.717) is 0 Å². The fourth-order valence-corrected chi connectivity index (χ4v) is 1.71. The van der Waals surface area contributed by atoms with Crippen LogP contribution in [0.3, 0.4) is 0 Å². The highest BCUT2D eigenvalue weighted by atomic mass is 16.3. The minimum absolute atomic E-state index is 0.185. The summed E-state index contributed by atoms with van der Waals surface area (Å²) in [6, 6.07) is 2.31. The van der Waals surface area contributed by atoms with E-state index >= 15 is 0 Å². The molecule has 1 heterocycles. The summed E-state index contributed by atoms with van der Waals surface area (Å²) in [7, 11) is 0. The molecule has 0 spiro atoms. The van der Waals surface area contributed by atoms with E-state index in [2.05, 4.69) is 24.1 Å². The van der Waals surface area contributed by atoms with Gasteiger partial charge >= 0.3 is 0 Å². The van der Waals surface area contributed by atoms with E-state index in [1.807, 2.05) is 25.4 Å². The topological polar surface area (TPSA) is 45.1 Å². The molecule has 1 aromatic heterocycles. The number of aliphatic hydroxyl groups excluding tert-OH is 1. The van der Waals surface area contributed by atoms with Gasteiger partial charge in [0.15, 0.2) is 0 Å². The second-order valence-electron chi connectivity index (χ2n) is 4.26. The lowest BCUT2D eigenvalue weighted by Crippen LogP contribution is -2.23. The summed E-state index contributed by atoms with van der Waals surface area (Å²) in [5.41, 5.74) is 2.49. The second-order valence-corrected chi connectivity index (χ2v) is 4.26. The zero-order chi connectivity index (χ0) is 12.0. The molecule has 0 aliphatic heterocycles. The van der Waals surface area contributed by atoms with Crippen LogP contribution in [0.1, 0.15) is 43.9 Å². The molecule has 0 saturated heterocycles. The van der Waals surface area contributed by atoms with Crippen LogP contribution in [0.25, 0.3) is 0 Å². The Balaban J connectivity index is 2.41. The highest BCUT2D eigenvalue weighted by Gasteiger charge is 2.08. The van der Waals surface area contributed by atoms with Crippen molar-refractivity contribution in [2.75, 3.05) is 6.54 Å². The maximum Gasteiger partial charge on any atom is 0.0549 e. The van der Waals surface area contributed by atoms with Crippen molar-refractivity contribution in [3.8, 4) is 0 Å². The Morgan fingerprint density at radius 1 is 1.50 bits per heavy atom. The molecule has 2 atom stereocenters. The van der Waals surface area contributed by atoms with Crippen molar-refractivity contribution in [1.29, 1.82) is 0 Å². The Bertz CT molecular complexity index is 315. The van der Waals surface area contributed by atoms with Crippen LogP contribution in [-0.2, 0) is 0 Å². The van der Waals surface area contributed by atoms with E-state index in [4.69, 9.17) is 0 Å². The number of aliphatic hydroxyl groups is 1. The van der Waals surface area contributed by atoms with Crippen molar-refractivity contribution in [2.24, 2.45) is 0 Å². The highest BCUT2D eigenvalue weighted by Crippen LogP contribution is 2.15. The molecule has 0 aliphatic carbocycles. The summed E-state index contributed by atoms with van der Waals surface area (Å²) >= 11 is 0. The Morgan fingerprint density at radius 2 is 2.25 bits per heavy atom. The zero-order valence-electron chi connectivity index (χ0n) is 10.4. The number of aromatic nitrogens is 1. The number of nitrogens with zero attached hydrogens (tertiary/aromatic N) is 1. The fourth-order valence-electron chi connectivity index (χ4n) is 1.71. The van der Waals surface area contributed by atoms with Gasteiger partial charge in [-0.25, -0.2) is 0 Å². The summed E-state index contributed by atoms with van der Waals surface area (Å²) in [6.45, 7) is 7.06. The molecule has 0 aliphatic rings. The maximum atomic E-state index is 9.44. The molecule has 1 aromatic rings. The van der Waals surface area contributed by atoms with Crippen molar-refractivity contribution in [2.45, 2.75) is 45.8 Å². The predicted octanol–water partition coefficient (Wildman–Crippen LogP) is 2.20. The molecule has 3 nitrogen and oxygen atoms in total. The number of pyridine rings is 1. The van der Waals surface area contributed by atoms with E-state index in [0.717, 1.165) is 19.4 Å². The lowest BCUT2D eigenvalue weighted by Gasteiger charge is -2.17. The van der Waals surface area contributed by atoms with Gasteiger partial charge in [0.25, 0.3) is 0 Å². The average Bonchev–Trinajstić information content (AvgIpc) is 2.29. The summed E-state index contributed by atoms with van der Waals surface area (Å²) in [4.78, 5) is 4.14. The van der Waals surface area contributed by atoms with E-state index in [9.17, 15) is 5.11 Å². The van der Waals surface area contributed by atoms with Crippen molar-refractivity contribution < 1.29 is 5.11 Å². The van der Waals surface area contributed by atoms with Gasteiger partial charge in [0, 0.05) is 18.4 Å². The fraction of sp³-hybridized carbons (Fsp3) is 0.615. The third-order valence-electron chi connectivity index (χ3n) is 2.95. The number of rotatable bonds is 6. The summed E-state index contributed by atoms with van der Waals surface area (Å²) in [6.07, 6.45) is 5.16. The molecule has 0 radical (unpaired) electrons. The first-order valence-corrected chi connectivity index (χ1v) is 5.97. The van der Waals surface area contributed by atoms with Crippen LogP contribution in [0.15, 0.2) is 18.5 Å². The monoisotopic (exact) mass is 222 g/mol. The molecule has 0 amide bonds. The van der Waals surface area contributed by atoms with Crippen molar-refractivity contribution in [1.82, 2.24) is 10.3 Å². The lowest BCUT2D eigenvalue weighted by atomic mass is 10.1. The van der Waals surface area contributed by atoms with Crippen LogP contribution in [0, 0.1) is 6.92 Å². The molecule has 0 bridgehead atoms. The SMILES string of the molecule is CCC(O)CCNC(C)c1cnccc1C. The van der Waals surface area contributed by atoms with Gasteiger partial charge in [0.2, 0.25) is 0 Å². The molecular formula is C13H22N2O. The quantitative estimate of drug-likeness (QED) is 0.775. The first-order valence-electron chi connectivity index (χ1n) is 5.97. The smallest absolute Gasteiger partial charge is 0.0549 e. The Morgan fingerprint density at radius 3 is 2.88 bits per heavy atom. The molecule has 1 rings (SSSR count). The van der Waals surface area contributed by atoms with Crippen LogP contribution in [0.4, 0.5) is 0 Å². The van der Waals surface area contributed by atoms with Crippen LogP contribution >= 0.6 is 0 Å². The van der Waals surface area contributed by atoms with Crippen LogP contribution in [0.2, 0.25) is 0 Å². The molecular weight excluding hydrogens is 200 g/mol. The Kier molecular flexibility index (Phi) is 5.43. The van der Waals surface area contributed by atoms with Crippen molar-refractivity contribution in [3.63, 3.8) is 0 Å². The molecule has 3 heteroatoms. The zero-order valence-corrected chi connectivity index (χ0v) is 10.4. The maximum absolute atomic E-state index is 9.44. The number of aryl methyl sites for hydroxylation is 1. The molecule has 0 saturated carbocycles. The van der Waals surface area contributed by atoms with E-state index in [-0.39, 0.29) is 12.1 Å². The second kappa shape index (κ2) is 6.61. The van der Waals surface area contributed by atoms with Gasteiger partial charge in [-0.3, -0.25) is 4.98 Å². The van der Waals surface area contributed by atoms with Gasteiger partial charge in [-0.1, -0.05) is 6.92 Å². The van der Waals surface area contributed by atoms with E-state index in [1.165, 1.54) is 11.1 Å². The first kappa shape index (κ1) is 13.1. The highest BCUT2D eigenvalue weighted by molar-refractivity contribution is 5.24. The van der Waals surface area contributed by atoms with Gasteiger partial charge in [0.1, 0.15) is 0 Å². The molecule has 0 aromatic carbocycles. The largest absolute Gasteiger partial charge is 0.393 e. The molecule has 0 fully saturated rings. The molecule has 16 heavy (non-hydrogen) atoms. The number of hydrogen-bond acceptors (Lipinski definition) is 3. The van der Waals surface area contributed by atoms with Gasteiger partial charge in [-0.15, -0.1) is 0 Å². The van der Waals surface area contributed by atoms with Crippen LogP contribution in [0.5, 0.6) is 0 Å². The Hall–Kier alpha value is -0.930. The van der Waals surface area contributed by atoms with Gasteiger partial charge in [-0.05, 0) is 50.4 Å². The van der Waals surface area contributed by atoms with Gasteiger partial charge in [-0.2, -0.15) is 0 Å². The minimum atomic E-state index is -0.185. The number of nitrogens with one attached hydrogen (secondary N) is 1. The minimum Gasteiger partial charge on any atom is -0.393 e. The van der Waals surface area contributed by atoms with Gasteiger partial charge < -0.3 is 10.4 Å². The predicted molar refractivity (Wildman–Crippen MR) is 66.3 cm³/mol. The van der Waals surface area contributed by atoms with Crippen LogP contribution in [-0.4, -0.2) is 22.7 Å². The van der Waals surface area contributed by atoms with Crippen molar-refractivity contribution >= 4 is 0 Å². The van der Waals surface area contributed by atoms with E-state index in [1.54, 1.807) is 0 Å². The average molecular weight is 222 g/mol. The summed E-state index contributed by atoms with van der Waals surface area (Å²) < 4.78 is 0. The molecule has 2 unspecified atom stereocenters. The number of hydrogen-bond donors (Lipinski definition) is 2. The third kappa shape index (κ3) is 3.91. The van der Waals surface area contributed by atoms with E-state index < -0.39 is 0 Å².